The van der Waals surface area contributed by atoms with Crippen molar-refractivity contribution in [2.24, 2.45) is 0 Å². The largest absolute Gasteiger partial charge is 0.399 e. The van der Waals surface area contributed by atoms with Crippen molar-refractivity contribution < 1.29 is 4.39 Å². The van der Waals surface area contributed by atoms with Crippen molar-refractivity contribution in [3.63, 3.8) is 0 Å². The molecule has 5 heteroatoms. The third kappa shape index (κ3) is 3.64. The van der Waals surface area contributed by atoms with Gasteiger partial charge in [-0.3, -0.25) is 0 Å². The molecular formula is C13H10BrClFNS. The Morgan fingerprint density at radius 3 is 2.67 bits per heavy atom. The van der Waals surface area contributed by atoms with Gasteiger partial charge >= 0.3 is 0 Å². The SMILES string of the molecule is Nc1cc(F)cc(SCc2ccc(Br)cc2Cl)c1. The van der Waals surface area contributed by atoms with E-state index in [-0.39, 0.29) is 5.82 Å². The topological polar surface area (TPSA) is 26.0 Å². The van der Waals surface area contributed by atoms with Crippen LogP contribution in [0.15, 0.2) is 45.8 Å². The smallest absolute Gasteiger partial charge is 0.126 e. The second-order valence-electron chi connectivity index (χ2n) is 3.74. The van der Waals surface area contributed by atoms with Gasteiger partial charge in [0, 0.05) is 25.8 Å². The lowest BCUT2D eigenvalue weighted by Gasteiger charge is -2.06. The molecule has 2 N–H and O–H groups in total. The number of benzene rings is 2. The molecular weight excluding hydrogens is 337 g/mol. The van der Waals surface area contributed by atoms with Crippen molar-refractivity contribution in [1.29, 1.82) is 0 Å². The zero-order chi connectivity index (χ0) is 13.1. The van der Waals surface area contributed by atoms with E-state index in [9.17, 15) is 4.39 Å². The molecule has 0 heterocycles. The summed E-state index contributed by atoms with van der Waals surface area (Å²) in [5.41, 5.74) is 7.03. The second kappa shape index (κ2) is 5.95. The summed E-state index contributed by atoms with van der Waals surface area (Å²) in [7, 11) is 0. The average molecular weight is 347 g/mol. The zero-order valence-electron chi connectivity index (χ0n) is 9.29. The van der Waals surface area contributed by atoms with Crippen molar-refractivity contribution in [3.8, 4) is 0 Å². The number of thioether (sulfide) groups is 1. The van der Waals surface area contributed by atoms with Crippen LogP contribution in [0.2, 0.25) is 5.02 Å². The summed E-state index contributed by atoms with van der Waals surface area (Å²) in [5.74, 6) is 0.356. The highest BCUT2D eigenvalue weighted by Gasteiger charge is 2.04. The minimum Gasteiger partial charge on any atom is -0.399 e. The Morgan fingerprint density at radius 1 is 1.22 bits per heavy atom. The Morgan fingerprint density at radius 2 is 2.00 bits per heavy atom. The molecule has 0 atom stereocenters. The van der Waals surface area contributed by atoms with Crippen molar-refractivity contribution in [1.82, 2.24) is 0 Å². The molecule has 0 saturated heterocycles. The molecule has 0 aliphatic heterocycles. The molecule has 18 heavy (non-hydrogen) atoms. The van der Waals surface area contributed by atoms with Crippen LogP contribution in [0.4, 0.5) is 10.1 Å². The highest BCUT2D eigenvalue weighted by molar-refractivity contribution is 9.10. The van der Waals surface area contributed by atoms with Gasteiger partial charge in [0.2, 0.25) is 0 Å². The fourth-order valence-corrected chi connectivity index (χ4v) is 3.28. The predicted octanol–water partition coefficient (Wildman–Crippen LogP) is 5.12. The first-order valence-electron chi connectivity index (χ1n) is 5.17. The standard InChI is InChI=1S/C13H10BrClFNS/c14-9-2-1-8(13(15)3-9)7-18-12-5-10(16)4-11(17)6-12/h1-6H,7,17H2. The van der Waals surface area contributed by atoms with Gasteiger partial charge in [0.25, 0.3) is 0 Å². The minimum absolute atomic E-state index is 0.320. The molecule has 1 nitrogen and oxygen atoms in total. The number of nitrogen functional groups attached to an aromatic ring is 1. The van der Waals surface area contributed by atoms with E-state index in [0.29, 0.717) is 16.5 Å². The molecule has 2 rings (SSSR count). The van der Waals surface area contributed by atoms with Gasteiger partial charge in [-0.2, -0.15) is 0 Å². The lowest BCUT2D eigenvalue weighted by atomic mass is 10.2. The lowest BCUT2D eigenvalue weighted by molar-refractivity contribution is 0.625. The lowest BCUT2D eigenvalue weighted by Crippen LogP contribution is -1.88. The van der Waals surface area contributed by atoms with Crippen LogP contribution < -0.4 is 5.73 Å². The average Bonchev–Trinajstić information content (AvgIpc) is 2.26. The number of hydrogen-bond acceptors (Lipinski definition) is 2. The molecule has 0 fully saturated rings. The monoisotopic (exact) mass is 345 g/mol. The Bertz CT molecular complexity index is 557. The van der Waals surface area contributed by atoms with Crippen LogP contribution in [0, 0.1) is 5.82 Å². The van der Waals surface area contributed by atoms with Crippen LogP contribution in [0.1, 0.15) is 5.56 Å². The first-order valence-corrected chi connectivity index (χ1v) is 7.33. The summed E-state index contributed by atoms with van der Waals surface area (Å²) in [5, 5.41) is 0.696. The van der Waals surface area contributed by atoms with Gasteiger partial charge < -0.3 is 5.73 Å². The summed E-state index contributed by atoms with van der Waals surface area (Å²) in [6, 6.07) is 10.2. The van der Waals surface area contributed by atoms with Crippen molar-refractivity contribution in [2.75, 3.05) is 5.73 Å². The van der Waals surface area contributed by atoms with Gasteiger partial charge in [0.1, 0.15) is 5.82 Å². The minimum atomic E-state index is -0.320. The van der Waals surface area contributed by atoms with Crippen LogP contribution in [0.5, 0.6) is 0 Å². The van der Waals surface area contributed by atoms with E-state index in [4.69, 9.17) is 17.3 Å². The highest BCUT2D eigenvalue weighted by Crippen LogP contribution is 2.29. The fraction of sp³-hybridized carbons (Fsp3) is 0.0769. The molecule has 94 valence electrons. The zero-order valence-corrected chi connectivity index (χ0v) is 12.4. The summed E-state index contributed by atoms with van der Waals surface area (Å²) in [6.07, 6.45) is 0. The van der Waals surface area contributed by atoms with Crippen LogP contribution in [-0.4, -0.2) is 0 Å². The number of hydrogen-bond donors (Lipinski definition) is 1. The summed E-state index contributed by atoms with van der Waals surface area (Å²) >= 11 is 11.0. The Balaban J connectivity index is 2.11. The maximum Gasteiger partial charge on any atom is 0.126 e. The first kappa shape index (κ1) is 13.7. The third-order valence-electron chi connectivity index (χ3n) is 2.30. The fourth-order valence-electron chi connectivity index (χ4n) is 1.47. The van der Waals surface area contributed by atoms with Gasteiger partial charge in [-0.15, -0.1) is 11.8 Å². The van der Waals surface area contributed by atoms with E-state index >= 15 is 0 Å². The molecule has 0 bridgehead atoms. The van der Waals surface area contributed by atoms with Crippen molar-refractivity contribution >= 4 is 45.0 Å². The van der Waals surface area contributed by atoms with Crippen LogP contribution in [0.25, 0.3) is 0 Å². The van der Waals surface area contributed by atoms with E-state index < -0.39 is 0 Å². The third-order valence-corrected chi connectivity index (χ3v) is 4.17. The molecule has 0 radical (unpaired) electrons. The van der Waals surface area contributed by atoms with Gasteiger partial charge in [0.15, 0.2) is 0 Å². The number of halogens is 3. The Labute approximate surface area is 123 Å². The predicted molar refractivity (Wildman–Crippen MR) is 79.5 cm³/mol. The molecule has 0 spiro atoms. The van der Waals surface area contributed by atoms with Crippen LogP contribution >= 0.6 is 39.3 Å². The van der Waals surface area contributed by atoms with Crippen molar-refractivity contribution in [2.45, 2.75) is 10.6 Å². The first-order chi connectivity index (χ1) is 8.54. The summed E-state index contributed by atoms with van der Waals surface area (Å²) in [6.45, 7) is 0. The highest BCUT2D eigenvalue weighted by atomic mass is 79.9. The normalized spacial score (nSPS) is 10.6. The van der Waals surface area contributed by atoms with Gasteiger partial charge in [-0.25, -0.2) is 4.39 Å². The maximum absolute atomic E-state index is 13.2. The maximum atomic E-state index is 13.2. The molecule has 2 aromatic carbocycles. The summed E-state index contributed by atoms with van der Waals surface area (Å²) in [4.78, 5) is 0.798. The molecule has 0 unspecified atom stereocenters. The quantitative estimate of drug-likeness (QED) is 0.617. The van der Waals surface area contributed by atoms with Gasteiger partial charge in [0.05, 0.1) is 0 Å². The van der Waals surface area contributed by atoms with Crippen LogP contribution in [0.3, 0.4) is 0 Å². The number of rotatable bonds is 3. The van der Waals surface area contributed by atoms with Gasteiger partial charge in [-0.1, -0.05) is 33.6 Å². The molecule has 0 aliphatic carbocycles. The van der Waals surface area contributed by atoms with E-state index in [1.54, 1.807) is 6.07 Å². The second-order valence-corrected chi connectivity index (χ2v) is 6.12. The van der Waals surface area contributed by atoms with Crippen LogP contribution in [-0.2, 0) is 5.75 Å². The van der Waals surface area contributed by atoms with E-state index in [2.05, 4.69) is 15.9 Å². The molecule has 0 aliphatic rings. The molecule has 0 aromatic heterocycles. The Hall–Kier alpha value is -0.710. The van der Waals surface area contributed by atoms with E-state index in [1.165, 1.54) is 23.9 Å². The molecule has 0 saturated carbocycles. The van der Waals surface area contributed by atoms with Crippen molar-refractivity contribution in [3.05, 3.63) is 57.3 Å². The molecule has 2 aromatic rings. The Kier molecular flexibility index (Phi) is 4.54. The number of anilines is 1. The number of nitrogens with two attached hydrogens (primary N) is 1. The van der Waals surface area contributed by atoms with Gasteiger partial charge in [-0.05, 0) is 35.9 Å². The molecule has 0 amide bonds. The summed E-state index contributed by atoms with van der Waals surface area (Å²) < 4.78 is 14.1. The van der Waals surface area contributed by atoms with E-state index in [0.717, 1.165) is 14.9 Å². The van der Waals surface area contributed by atoms with E-state index in [1.807, 2.05) is 18.2 Å².